The Labute approximate surface area is 136 Å². The zero-order valence-corrected chi connectivity index (χ0v) is 13.3. The summed E-state index contributed by atoms with van der Waals surface area (Å²) >= 11 is 18.1. The van der Waals surface area contributed by atoms with Gasteiger partial charge in [0.25, 0.3) is 11.5 Å². The van der Waals surface area contributed by atoms with Gasteiger partial charge in [-0.3, -0.25) is 9.59 Å². The molecule has 1 aromatic heterocycles. The minimum absolute atomic E-state index is 0.0423. The van der Waals surface area contributed by atoms with E-state index in [0.717, 1.165) is 0 Å². The van der Waals surface area contributed by atoms with Crippen molar-refractivity contribution in [2.75, 3.05) is 7.05 Å². The number of carbonyl (C=O) groups excluding carboxylic acids is 1. The quantitative estimate of drug-likeness (QED) is 0.928. The molecule has 1 N–H and O–H groups in total. The van der Waals surface area contributed by atoms with Gasteiger partial charge < -0.3 is 9.88 Å². The maximum absolute atomic E-state index is 12.1. The molecule has 0 saturated carbocycles. The molecule has 4 nitrogen and oxygen atoms in total. The lowest BCUT2D eigenvalue weighted by atomic mass is 10.2. The van der Waals surface area contributed by atoms with Crippen molar-refractivity contribution in [3.8, 4) is 0 Å². The number of hydrogen-bond acceptors (Lipinski definition) is 2. The molecule has 1 amide bonds. The summed E-state index contributed by atoms with van der Waals surface area (Å²) in [4.78, 5) is 23.8. The van der Waals surface area contributed by atoms with Crippen molar-refractivity contribution in [2.24, 2.45) is 0 Å². The summed E-state index contributed by atoms with van der Waals surface area (Å²) in [5.41, 5.74) is 0.457. The number of rotatable bonds is 3. The van der Waals surface area contributed by atoms with Gasteiger partial charge in [0.2, 0.25) is 0 Å². The molecule has 0 saturated heterocycles. The number of nitrogens with zero attached hydrogens (tertiary/aromatic N) is 1. The summed E-state index contributed by atoms with van der Waals surface area (Å²) < 4.78 is 1.31. The lowest BCUT2D eigenvalue weighted by Crippen LogP contribution is -2.25. The van der Waals surface area contributed by atoms with Crippen LogP contribution in [-0.2, 0) is 6.54 Å². The normalized spacial score (nSPS) is 10.5. The summed E-state index contributed by atoms with van der Waals surface area (Å²) in [6.07, 6.45) is 1.42. The first-order chi connectivity index (χ1) is 9.93. The van der Waals surface area contributed by atoms with Gasteiger partial charge in [-0.2, -0.15) is 0 Å². The average Bonchev–Trinajstić information content (AvgIpc) is 2.46. The van der Waals surface area contributed by atoms with Crippen LogP contribution in [0.4, 0.5) is 0 Å². The Balaban J connectivity index is 2.51. The Morgan fingerprint density at radius 1 is 1.19 bits per heavy atom. The molecule has 0 fully saturated rings. The second-order valence-electron chi connectivity index (χ2n) is 4.29. The SMILES string of the molecule is CNC(=O)c1cc(Cl)c(=O)n(Cc2c(Cl)cccc2Cl)c1. The molecule has 0 aliphatic carbocycles. The van der Waals surface area contributed by atoms with Gasteiger partial charge in [-0.25, -0.2) is 0 Å². The zero-order valence-electron chi connectivity index (χ0n) is 11.0. The highest BCUT2D eigenvalue weighted by Crippen LogP contribution is 2.25. The Kier molecular flexibility index (Phi) is 4.93. The number of carbonyl (C=O) groups is 1. The van der Waals surface area contributed by atoms with E-state index in [4.69, 9.17) is 34.8 Å². The van der Waals surface area contributed by atoms with Crippen molar-refractivity contribution in [1.29, 1.82) is 0 Å². The molecule has 1 aromatic carbocycles. The average molecular weight is 346 g/mol. The zero-order chi connectivity index (χ0) is 15.6. The third-order valence-corrected chi connectivity index (χ3v) is 3.90. The first-order valence-corrected chi connectivity index (χ1v) is 7.12. The smallest absolute Gasteiger partial charge is 0.269 e. The van der Waals surface area contributed by atoms with Crippen molar-refractivity contribution in [3.05, 3.63) is 67.0 Å². The molecule has 0 radical (unpaired) electrons. The molecule has 0 spiro atoms. The van der Waals surface area contributed by atoms with Crippen molar-refractivity contribution >= 4 is 40.7 Å². The molecule has 0 aliphatic rings. The van der Waals surface area contributed by atoms with Crippen molar-refractivity contribution < 1.29 is 4.79 Å². The van der Waals surface area contributed by atoms with E-state index in [1.807, 2.05) is 0 Å². The van der Waals surface area contributed by atoms with Gasteiger partial charge in [0.1, 0.15) is 5.02 Å². The number of aromatic nitrogens is 1. The number of amides is 1. The Morgan fingerprint density at radius 3 is 2.38 bits per heavy atom. The van der Waals surface area contributed by atoms with Crippen molar-refractivity contribution in [1.82, 2.24) is 9.88 Å². The molecular formula is C14H11Cl3N2O2. The van der Waals surface area contributed by atoms with E-state index in [9.17, 15) is 9.59 Å². The van der Waals surface area contributed by atoms with Gasteiger partial charge in [-0.1, -0.05) is 40.9 Å². The molecule has 7 heteroatoms. The maximum atomic E-state index is 12.1. The van der Waals surface area contributed by atoms with Crippen molar-refractivity contribution in [2.45, 2.75) is 6.54 Å². The Hall–Kier alpha value is -1.49. The molecule has 21 heavy (non-hydrogen) atoms. The van der Waals surface area contributed by atoms with Gasteiger partial charge in [0.15, 0.2) is 0 Å². The molecular weight excluding hydrogens is 335 g/mol. The first-order valence-electron chi connectivity index (χ1n) is 5.99. The van der Waals surface area contributed by atoms with Gasteiger partial charge >= 0.3 is 0 Å². The second kappa shape index (κ2) is 6.52. The van der Waals surface area contributed by atoms with E-state index in [-0.39, 0.29) is 23.0 Å². The van der Waals surface area contributed by atoms with Crippen LogP contribution in [0.5, 0.6) is 0 Å². The van der Waals surface area contributed by atoms with Gasteiger partial charge in [0, 0.05) is 28.9 Å². The van der Waals surface area contributed by atoms with E-state index in [2.05, 4.69) is 5.32 Å². The molecule has 0 aliphatic heterocycles. The highest BCUT2D eigenvalue weighted by molar-refractivity contribution is 6.36. The number of benzene rings is 1. The summed E-state index contributed by atoms with van der Waals surface area (Å²) in [6, 6.07) is 6.40. The van der Waals surface area contributed by atoms with E-state index < -0.39 is 5.56 Å². The fourth-order valence-electron chi connectivity index (χ4n) is 1.84. The van der Waals surface area contributed by atoms with Crippen LogP contribution < -0.4 is 10.9 Å². The number of hydrogen-bond donors (Lipinski definition) is 1. The first kappa shape index (κ1) is 15.9. The fourth-order valence-corrected chi connectivity index (χ4v) is 2.58. The molecule has 0 bridgehead atoms. The van der Waals surface area contributed by atoms with Crippen LogP contribution in [0.25, 0.3) is 0 Å². The van der Waals surface area contributed by atoms with E-state index in [1.165, 1.54) is 23.9 Å². The van der Waals surface area contributed by atoms with E-state index in [1.54, 1.807) is 18.2 Å². The lowest BCUT2D eigenvalue weighted by Gasteiger charge is -2.11. The van der Waals surface area contributed by atoms with Crippen LogP contribution in [-0.4, -0.2) is 17.5 Å². The molecule has 0 unspecified atom stereocenters. The molecule has 110 valence electrons. The number of nitrogens with one attached hydrogen (secondary N) is 1. The van der Waals surface area contributed by atoms with Gasteiger partial charge in [0.05, 0.1) is 12.1 Å². The van der Waals surface area contributed by atoms with Gasteiger partial charge in [-0.15, -0.1) is 0 Å². The predicted octanol–water partition coefficient (Wildman–Crippen LogP) is 3.22. The lowest BCUT2D eigenvalue weighted by molar-refractivity contribution is 0.0962. The standard InChI is InChI=1S/C14H11Cl3N2O2/c1-18-13(20)8-5-12(17)14(21)19(6-8)7-9-10(15)3-2-4-11(9)16/h2-6H,7H2,1H3,(H,18,20). The molecule has 0 atom stereocenters. The second-order valence-corrected chi connectivity index (χ2v) is 5.51. The fraction of sp³-hybridized carbons (Fsp3) is 0.143. The predicted molar refractivity (Wildman–Crippen MR) is 84.7 cm³/mol. The highest BCUT2D eigenvalue weighted by atomic mass is 35.5. The third-order valence-electron chi connectivity index (χ3n) is 2.92. The van der Waals surface area contributed by atoms with Crippen LogP contribution in [0.3, 0.4) is 0 Å². The van der Waals surface area contributed by atoms with Gasteiger partial charge in [-0.05, 0) is 18.2 Å². The highest BCUT2D eigenvalue weighted by Gasteiger charge is 2.13. The maximum Gasteiger partial charge on any atom is 0.269 e. The summed E-state index contributed by atoms with van der Waals surface area (Å²) in [5.74, 6) is -0.337. The molecule has 2 aromatic rings. The minimum Gasteiger partial charge on any atom is -0.355 e. The monoisotopic (exact) mass is 344 g/mol. The number of pyridine rings is 1. The van der Waals surface area contributed by atoms with Crippen LogP contribution in [0.15, 0.2) is 35.3 Å². The molecule has 2 rings (SSSR count). The Morgan fingerprint density at radius 2 is 1.81 bits per heavy atom. The largest absolute Gasteiger partial charge is 0.355 e. The van der Waals surface area contributed by atoms with Crippen LogP contribution in [0.1, 0.15) is 15.9 Å². The minimum atomic E-state index is -0.416. The van der Waals surface area contributed by atoms with Crippen LogP contribution >= 0.6 is 34.8 Å². The Bertz CT molecular complexity index is 736. The van der Waals surface area contributed by atoms with Crippen molar-refractivity contribution in [3.63, 3.8) is 0 Å². The van der Waals surface area contributed by atoms with Crippen LogP contribution in [0, 0.1) is 0 Å². The summed E-state index contributed by atoms with van der Waals surface area (Å²) in [6.45, 7) is 0.127. The number of halogens is 3. The topological polar surface area (TPSA) is 51.1 Å². The third kappa shape index (κ3) is 3.40. The van der Waals surface area contributed by atoms with Crippen LogP contribution in [0.2, 0.25) is 15.1 Å². The van der Waals surface area contributed by atoms with E-state index in [0.29, 0.717) is 15.6 Å². The summed E-state index contributed by atoms with van der Waals surface area (Å²) in [7, 11) is 1.50. The molecule has 1 heterocycles. The van der Waals surface area contributed by atoms with E-state index >= 15 is 0 Å². The summed E-state index contributed by atoms with van der Waals surface area (Å²) in [5, 5.41) is 3.32.